The van der Waals surface area contributed by atoms with Crippen LogP contribution in [0.15, 0.2) is 18.2 Å². The van der Waals surface area contributed by atoms with Gasteiger partial charge in [0.2, 0.25) is 0 Å². The molecule has 5 nitrogen and oxygen atoms in total. The van der Waals surface area contributed by atoms with Gasteiger partial charge in [0.1, 0.15) is 11.4 Å². The van der Waals surface area contributed by atoms with Gasteiger partial charge in [-0.05, 0) is 95.9 Å². The largest absolute Gasteiger partial charge is 0.508 e. The highest BCUT2D eigenvalue weighted by molar-refractivity contribution is 5.73. The number of unbranched alkanes of at least 4 members (excludes halogenated alkanes) is 3. The van der Waals surface area contributed by atoms with Crippen LogP contribution in [0.25, 0.3) is 0 Å². The Morgan fingerprint density at radius 2 is 1.46 bits per heavy atom. The van der Waals surface area contributed by atoms with Crippen LogP contribution in [-0.4, -0.2) is 28.3 Å². The van der Waals surface area contributed by atoms with Gasteiger partial charge >= 0.3 is 5.97 Å². The Morgan fingerprint density at radius 1 is 0.929 bits per heavy atom. The highest BCUT2D eigenvalue weighted by Crippen LogP contribution is 2.25. The quantitative estimate of drug-likeness (QED) is 0.333. The third-order valence-corrected chi connectivity index (χ3v) is 5.24. The molecule has 0 aromatic heterocycles. The van der Waals surface area contributed by atoms with Gasteiger partial charge in [0.05, 0.1) is 5.41 Å². The molecule has 0 unspecified atom stereocenters. The monoisotopic (exact) mass is 392 g/mol. The van der Waals surface area contributed by atoms with Crippen LogP contribution in [0.2, 0.25) is 0 Å². The number of phenols is 1. The first-order chi connectivity index (χ1) is 13.1. The molecule has 1 aromatic carbocycles. The fraction of sp³-hybridized carbons (Fsp3) is 0.652. The van der Waals surface area contributed by atoms with E-state index in [-0.39, 0.29) is 0 Å². The Hall–Kier alpha value is -2.04. The van der Waals surface area contributed by atoms with Crippen LogP contribution in [0.1, 0.15) is 83.8 Å². The lowest BCUT2D eigenvalue weighted by molar-refractivity contribution is -0.147. The van der Waals surface area contributed by atoms with E-state index in [0.29, 0.717) is 18.6 Å². The van der Waals surface area contributed by atoms with Crippen molar-refractivity contribution in [1.82, 2.24) is 0 Å². The number of hydrogen-bond donors (Lipinski definition) is 2. The number of ether oxygens (including phenoxy) is 1. The van der Waals surface area contributed by atoms with Crippen molar-refractivity contribution in [2.75, 3.05) is 0 Å². The average Bonchev–Trinajstić information content (AvgIpc) is 2.58. The second kappa shape index (κ2) is 11.1. The van der Waals surface area contributed by atoms with Crippen molar-refractivity contribution in [3.63, 3.8) is 0 Å². The third kappa shape index (κ3) is 9.25. The summed E-state index contributed by atoms with van der Waals surface area (Å²) in [6, 6.07) is 5.77. The van der Waals surface area contributed by atoms with Gasteiger partial charge in [-0.15, -0.1) is 0 Å². The number of carbonyl (C=O) groups is 2. The van der Waals surface area contributed by atoms with Gasteiger partial charge in [-0.1, -0.05) is 18.9 Å². The minimum absolute atomic E-state index is 0.295. The lowest BCUT2D eigenvalue weighted by Crippen LogP contribution is -2.23. The zero-order valence-electron chi connectivity index (χ0n) is 17.8. The van der Waals surface area contributed by atoms with Gasteiger partial charge in [0, 0.05) is 0 Å². The molecule has 0 heterocycles. The van der Waals surface area contributed by atoms with E-state index < -0.39 is 17.0 Å². The number of carbonyl (C=O) groups excluding carboxylic acids is 1. The molecule has 1 rings (SSSR count). The van der Waals surface area contributed by atoms with E-state index in [1.54, 1.807) is 13.8 Å². The van der Waals surface area contributed by atoms with Crippen molar-refractivity contribution < 1.29 is 24.5 Å². The maximum atomic E-state index is 11.1. The maximum absolute atomic E-state index is 11.1. The second-order valence-corrected chi connectivity index (χ2v) is 8.94. The summed E-state index contributed by atoms with van der Waals surface area (Å²) in [6.45, 7) is 7.85. The van der Waals surface area contributed by atoms with Crippen LogP contribution in [0, 0.1) is 5.41 Å². The van der Waals surface area contributed by atoms with Gasteiger partial charge in [-0.3, -0.25) is 9.59 Å². The average molecular weight is 393 g/mol. The fourth-order valence-corrected chi connectivity index (χ4v) is 3.28. The molecule has 0 radical (unpaired) electrons. The summed E-state index contributed by atoms with van der Waals surface area (Å²) >= 11 is 0. The summed E-state index contributed by atoms with van der Waals surface area (Å²) in [7, 11) is 0. The predicted octanol–water partition coefficient (Wildman–Crippen LogP) is 5.27. The lowest BCUT2D eigenvalue weighted by atomic mass is 9.87. The standard InChI is InChI=1S/C23H36O5/c1-22(2,21(26)27)12-8-5-6-10-18-14-19(16-20(25)15-18)11-7-9-13-23(3,4)28-17-24/h14-17,25H,5-13H2,1-4H3,(H,26,27). The Labute approximate surface area is 169 Å². The number of rotatable bonds is 14. The topological polar surface area (TPSA) is 83.8 Å². The second-order valence-electron chi connectivity index (χ2n) is 8.94. The van der Waals surface area contributed by atoms with Gasteiger partial charge in [0.25, 0.3) is 6.47 Å². The number of carboxylic acids is 1. The van der Waals surface area contributed by atoms with E-state index in [0.717, 1.165) is 62.5 Å². The Balaban J connectivity index is 2.40. The summed E-state index contributed by atoms with van der Waals surface area (Å²) in [5.74, 6) is -0.449. The molecular formula is C23H36O5. The van der Waals surface area contributed by atoms with E-state index >= 15 is 0 Å². The molecule has 0 bridgehead atoms. The summed E-state index contributed by atoms with van der Waals surface area (Å²) in [4.78, 5) is 21.6. The Bertz CT molecular complexity index is 634. The molecule has 0 atom stereocenters. The normalized spacial score (nSPS) is 12.0. The molecule has 1 aromatic rings. The molecule has 0 aliphatic rings. The molecular weight excluding hydrogens is 356 g/mol. The van der Waals surface area contributed by atoms with E-state index in [4.69, 9.17) is 9.84 Å². The van der Waals surface area contributed by atoms with Crippen LogP contribution in [0.4, 0.5) is 0 Å². The van der Waals surface area contributed by atoms with Crippen molar-refractivity contribution in [3.05, 3.63) is 29.3 Å². The first kappa shape index (κ1) is 24.0. The molecule has 0 saturated carbocycles. The van der Waals surface area contributed by atoms with Crippen molar-refractivity contribution in [1.29, 1.82) is 0 Å². The molecule has 0 aliphatic carbocycles. The van der Waals surface area contributed by atoms with Crippen molar-refractivity contribution >= 4 is 12.4 Å². The number of carboxylic acid groups (broad SMARTS) is 1. The number of benzene rings is 1. The third-order valence-electron chi connectivity index (χ3n) is 5.24. The van der Waals surface area contributed by atoms with Gasteiger partial charge in [-0.2, -0.15) is 0 Å². The molecule has 158 valence electrons. The van der Waals surface area contributed by atoms with Crippen molar-refractivity contribution in [2.45, 2.75) is 91.1 Å². The number of aromatic hydroxyl groups is 1. The number of aliphatic carboxylic acids is 1. The smallest absolute Gasteiger partial charge is 0.309 e. The van der Waals surface area contributed by atoms with E-state index in [9.17, 15) is 14.7 Å². The molecule has 0 saturated heterocycles. The summed E-state index contributed by atoms with van der Waals surface area (Å²) < 4.78 is 5.06. The van der Waals surface area contributed by atoms with E-state index in [2.05, 4.69) is 6.07 Å². The molecule has 28 heavy (non-hydrogen) atoms. The highest BCUT2D eigenvalue weighted by atomic mass is 16.5. The highest BCUT2D eigenvalue weighted by Gasteiger charge is 2.25. The van der Waals surface area contributed by atoms with Gasteiger partial charge in [0.15, 0.2) is 0 Å². The minimum Gasteiger partial charge on any atom is -0.508 e. The molecule has 2 N–H and O–H groups in total. The molecule has 0 fully saturated rings. The lowest BCUT2D eigenvalue weighted by Gasteiger charge is -2.22. The zero-order chi connectivity index (χ0) is 21.2. The van der Waals surface area contributed by atoms with Crippen molar-refractivity contribution in [3.8, 4) is 5.75 Å². The summed E-state index contributed by atoms with van der Waals surface area (Å²) in [6.07, 6.45) is 8.03. The number of phenolic OH excluding ortho intramolecular Hbond substituents is 1. The first-order valence-corrected chi connectivity index (χ1v) is 10.2. The Kier molecular flexibility index (Phi) is 9.50. The van der Waals surface area contributed by atoms with Crippen LogP contribution >= 0.6 is 0 Å². The number of hydrogen-bond acceptors (Lipinski definition) is 4. The summed E-state index contributed by atoms with van der Waals surface area (Å²) in [5.41, 5.74) is 1.15. The van der Waals surface area contributed by atoms with Crippen LogP contribution in [0.3, 0.4) is 0 Å². The van der Waals surface area contributed by atoms with Crippen LogP contribution in [-0.2, 0) is 27.2 Å². The van der Waals surface area contributed by atoms with Gasteiger partial charge in [-0.25, -0.2) is 0 Å². The predicted molar refractivity (Wildman–Crippen MR) is 110 cm³/mol. The van der Waals surface area contributed by atoms with E-state index in [1.165, 1.54) is 0 Å². The first-order valence-electron chi connectivity index (χ1n) is 10.2. The van der Waals surface area contributed by atoms with E-state index in [1.807, 2.05) is 26.0 Å². The zero-order valence-corrected chi connectivity index (χ0v) is 17.8. The molecule has 0 spiro atoms. The Morgan fingerprint density at radius 3 is 2.00 bits per heavy atom. The molecule has 0 aliphatic heterocycles. The van der Waals surface area contributed by atoms with Crippen molar-refractivity contribution in [2.24, 2.45) is 5.41 Å². The molecule has 5 heteroatoms. The van der Waals surface area contributed by atoms with Crippen LogP contribution < -0.4 is 0 Å². The SMILES string of the molecule is CC(C)(CCCCc1cc(O)cc(CCCCCC(C)(C)C(=O)O)c1)OC=O. The minimum atomic E-state index is -0.744. The summed E-state index contributed by atoms with van der Waals surface area (Å²) in [5, 5.41) is 19.1. The van der Waals surface area contributed by atoms with Crippen LogP contribution in [0.5, 0.6) is 5.75 Å². The molecule has 0 amide bonds. The fourth-order valence-electron chi connectivity index (χ4n) is 3.28. The van der Waals surface area contributed by atoms with Gasteiger partial charge < -0.3 is 14.9 Å². The maximum Gasteiger partial charge on any atom is 0.309 e. The number of aryl methyl sites for hydroxylation is 2.